The van der Waals surface area contributed by atoms with Crippen molar-refractivity contribution in [2.24, 2.45) is 0 Å². The molecule has 0 unspecified atom stereocenters. The van der Waals surface area contributed by atoms with Gasteiger partial charge in [-0.3, -0.25) is 0 Å². The van der Waals surface area contributed by atoms with Gasteiger partial charge in [-0.1, -0.05) is 28.1 Å². The van der Waals surface area contributed by atoms with Crippen LogP contribution in [0, 0.1) is 0 Å². The van der Waals surface area contributed by atoms with Gasteiger partial charge in [-0.2, -0.15) is 4.31 Å². The van der Waals surface area contributed by atoms with E-state index in [1.54, 1.807) is 6.07 Å². The fraction of sp³-hybridized carbons (Fsp3) is 0.154. The third-order valence-corrected chi connectivity index (χ3v) is 5.02. The van der Waals surface area contributed by atoms with Gasteiger partial charge in [0.2, 0.25) is 0 Å². The van der Waals surface area contributed by atoms with Gasteiger partial charge in [0.1, 0.15) is 0 Å². The Balaban J connectivity index is 2.29. The van der Waals surface area contributed by atoms with Crippen LogP contribution in [0.15, 0.2) is 52.1 Å². The number of hydrogen-bond donors (Lipinski definition) is 1. The highest BCUT2D eigenvalue weighted by Gasteiger charge is 2.24. The average Bonchev–Trinajstić information content (AvgIpc) is 2.39. The van der Waals surface area contributed by atoms with Crippen LogP contribution in [0.2, 0.25) is 0 Å². The molecule has 0 radical (unpaired) electrons. The van der Waals surface area contributed by atoms with Crippen LogP contribution in [0.1, 0.15) is 5.56 Å². The normalized spacial score (nSPS) is 11.8. The van der Waals surface area contributed by atoms with Gasteiger partial charge < -0.3 is 5.73 Å². The predicted octanol–water partition coefficient (Wildman–Crippen LogP) is 2.25. The first-order valence-corrected chi connectivity index (χ1v) is 8.06. The standard InChI is InChI=1S/C13H14BrN3O2S/c1-17(9-10-4-2-5-11(14)8-10)20(18,19)13-12(15)6-3-7-16-13/h2-8H,9,15H2,1H3. The molecule has 2 rings (SSSR count). The zero-order chi connectivity index (χ0) is 14.8. The first kappa shape index (κ1) is 15.0. The minimum absolute atomic E-state index is 0.113. The predicted molar refractivity (Wildman–Crippen MR) is 81.4 cm³/mol. The Morgan fingerprint density at radius 3 is 2.70 bits per heavy atom. The van der Waals surface area contributed by atoms with Gasteiger partial charge in [0.15, 0.2) is 5.03 Å². The summed E-state index contributed by atoms with van der Waals surface area (Å²) in [6.07, 6.45) is 1.41. The summed E-state index contributed by atoms with van der Waals surface area (Å²) in [5, 5.41) is -0.113. The molecule has 0 aliphatic heterocycles. The van der Waals surface area contributed by atoms with Crippen LogP contribution < -0.4 is 5.73 Å². The number of nitrogens with zero attached hydrogens (tertiary/aromatic N) is 2. The summed E-state index contributed by atoms with van der Waals surface area (Å²) in [5.41, 5.74) is 6.71. The number of rotatable bonds is 4. The lowest BCUT2D eigenvalue weighted by Crippen LogP contribution is -2.28. The molecular formula is C13H14BrN3O2S. The summed E-state index contributed by atoms with van der Waals surface area (Å²) in [7, 11) is -2.19. The molecule has 0 saturated carbocycles. The second-order valence-corrected chi connectivity index (χ2v) is 7.16. The SMILES string of the molecule is CN(Cc1cccc(Br)c1)S(=O)(=O)c1ncccc1N. The van der Waals surface area contributed by atoms with Crippen LogP contribution >= 0.6 is 15.9 Å². The number of sulfonamides is 1. The highest BCUT2D eigenvalue weighted by molar-refractivity contribution is 9.10. The molecule has 0 spiro atoms. The maximum Gasteiger partial charge on any atom is 0.262 e. The molecule has 0 amide bonds. The first-order valence-electron chi connectivity index (χ1n) is 5.82. The molecule has 2 N–H and O–H groups in total. The average molecular weight is 356 g/mol. The summed E-state index contributed by atoms with van der Waals surface area (Å²) in [5.74, 6) is 0. The van der Waals surface area contributed by atoms with Gasteiger partial charge in [-0.15, -0.1) is 0 Å². The Morgan fingerprint density at radius 1 is 1.30 bits per heavy atom. The van der Waals surface area contributed by atoms with E-state index in [0.717, 1.165) is 10.0 Å². The Kier molecular flexibility index (Phi) is 4.42. The lowest BCUT2D eigenvalue weighted by atomic mass is 10.2. The monoisotopic (exact) mass is 355 g/mol. The number of hydrogen-bond acceptors (Lipinski definition) is 4. The van der Waals surface area contributed by atoms with Gasteiger partial charge in [-0.25, -0.2) is 13.4 Å². The minimum Gasteiger partial charge on any atom is -0.396 e. The van der Waals surface area contributed by atoms with Crippen molar-refractivity contribution in [2.45, 2.75) is 11.6 Å². The fourth-order valence-electron chi connectivity index (χ4n) is 1.74. The number of nitrogens with two attached hydrogens (primary N) is 1. The van der Waals surface area contributed by atoms with Gasteiger partial charge in [0.25, 0.3) is 10.0 Å². The first-order chi connectivity index (χ1) is 9.41. The van der Waals surface area contributed by atoms with Crippen molar-refractivity contribution in [1.82, 2.24) is 9.29 Å². The van der Waals surface area contributed by atoms with Crippen LogP contribution in [0.25, 0.3) is 0 Å². The quantitative estimate of drug-likeness (QED) is 0.912. The number of pyridine rings is 1. The van der Waals surface area contributed by atoms with E-state index in [0.29, 0.717) is 0 Å². The van der Waals surface area contributed by atoms with E-state index < -0.39 is 10.0 Å². The number of benzene rings is 1. The van der Waals surface area contributed by atoms with Gasteiger partial charge in [-0.05, 0) is 29.8 Å². The number of aromatic nitrogens is 1. The summed E-state index contributed by atoms with van der Waals surface area (Å²) >= 11 is 3.36. The summed E-state index contributed by atoms with van der Waals surface area (Å²) in [6.45, 7) is 0.248. The van der Waals surface area contributed by atoms with Gasteiger partial charge >= 0.3 is 0 Å². The molecule has 1 aromatic carbocycles. The van der Waals surface area contributed by atoms with Gasteiger partial charge in [0, 0.05) is 24.3 Å². The molecule has 1 heterocycles. The highest BCUT2D eigenvalue weighted by Crippen LogP contribution is 2.20. The van der Waals surface area contributed by atoms with Crippen LogP contribution in [0.3, 0.4) is 0 Å². The maximum absolute atomic E-state index is 12.4. The van der Waals surface area contributed by atoms with Crippen molar-refractivity contribution in [3.63, 3.8) is 0 Å². The van der Waals surface area contributed by atoms with Crippen molar-refractivity contribution < 1.29 is 8.42 Å². The Morgan fingerprint density at radius 2 is 2.05 bits per heavy atom. The molecule has 1 aromatic heterocycles. The zero-order valence-corrected chi connectivity index (χ0v) is 13.2. The van der Waals surface area contributed by atoms with Crippen LogP contribution in [-0.4, -0.2) is 24.8 Å². The number of halogens is 1. The lowest BCUT2D eigenvalue weighted by Gasteiger charge is -2.17. The van der Waals surface area contributed by atoms with Crippen molar-refractivity contribution >= 4 is 31.6 Å². The third kappa shape index (κ3) is 3.17. The lowest BCUT2D eigenvalue weighted by molar-refractivity contribution is 0.464. The van der Waals surface area contributed by atoms with Crippen molar-refractivity contribution in [2.75, 3.05) is 12.8 Å². The third-order valence-electron chi connectivity index (χ3n) is 2.75. The van der Waals surface area contributed by atoms with E-state index in [1.807, 2.05) is 24.3 Å². The molecule has 0 bridgehead atoms. The molecule has 0 aliphatic carbocycles. The van der Waals surface area contributed by atoms with Crippen LogP contribution in [-0.2, 0) is 16.6 Å². The molecule has 0 fully saturated rings. The molecule has 7 heteroatoms. The van der Waals surface area contributed by atoms with E-state index in [2.05, 4.69) is 20.9 Å². The molecular weight excluding hydrogens is 342 g/mol. The smallest absolute Gasteiger partial charge is 0.262 e. The van der Waals surface area contributed by atoms with E-state index in [1.165, 1.54) is 23.6 Å². The Bertz CT molecular complexity index is 719. The second-order valence-electron chi connectivity index (χ2n) is 4.29. The largest absolute Gasteiger partial charge is 0.396 e. The van der Waals surface area contributed by atoms with E-state index >= 15 is 0 Å². The molecule has 0 saturated heterocycles. The molecule has 2 aromatic rings. The topological polar surface area (TPSA) is 76.3 Å². The number of anilines is 1. The summed E-state index contributed by atoms with van der Waals surface area (Å²) in [6, 6.07) is 10.6. The van der Waals surface area contributed by atoms with E-state index in [9.17, 15) is 8.42 Å². The second kappa shape index (κ2) is 5.90. The molecule has 106 valence electrons. The van der Waals surface area contributed by atoms with Crippen LogP contribution in [0.4, 0.5) is 5.69 Å². The van der Waals surface area contributed by atoms with Crippen molar-refractivity contribution in [3.8, 4) is 0 Å². The summed E-state index contributed by atoms with van der Waals surface area (Å²) in [4.78, 5) is 3.87. The summed E-state index contributed by atoms with van der Waals surface area (Å²) < 4.78 is 27.0. The zero-order valence-electron chi connectivity index (χ0n) is 10.8. The van der Waals surface area contributed by atoms with Crippen molar-refractivity contribution in [3.05, 3.63) is 52.6 Å². The Hall–Kier alpha value is -1.44. The van der Waals surface area contributed by atoms with Crippen molar-refractivity contribution in [1.29, 1.82) is 0 Å². The molecule has 20 heavy (non-hydrogen) atoms. The fourth-order valence-corrected chi connectivity index (χ4v) is 3.36. The van der Waals surface area contributed by atoms with E-state index in [-0.39, 0.29) is 17.3 Å². The maximum atomic E-state index is 12.4. The molecule has 0 atom stereocenters. The van der Waals surface area contributed by atoms with E-state index in [4.69, 9.17) is 5.73 Å². The molecule has 0 aliphatic rings. The van der Waals surface area contributed by atoms with Crippen LogP contribution in [0.5, 0.6) is 0 Å². The van der Waals surface area contributed by atoms with Gasteiger partial charge in [0.05, 0.1) is 5.69 Å². The Labute approximate surface area is 126 Å². The molecule has 5 nitrogen and oxygen atoms in total. The number of nitrogen functional groups attached to an aromatic ring is 1. The minimum atomic E-state index is -3.70. The highest BCUT2D eigenvalue weighted by atomic mass is 79.9.